The maximum Gasteiger partial charge on any atom is 0.244 e. The van der Waals surface area contributed by atoms with Crippen molar-refractivity contribution in [1.29, 1.82) is 0 Å². The van der Waals surface area contributed by atoms with Crippen LogP contribution in [0.4, 0.5) is 0 Å². The fraction of sp³-hybridized carbons (Fsp3) is 0.625. The standard InChI is InChI=1S/C8H13NO/c1-3-5-8(2)6-4-7(10)9-8/h4,6H,3,5H2,1-2H3,(H,9,10). The summed E-state index contributed by atoms with van der Waals surface area (Å²) in [6, 6.07) is 0. The monoisotopic (exact) mass is 139 g/mol. The van der Waals surface area contributed by atoms with Crippen molar-refractivity contribution in [1.82, 2.24) is 5.32 Å². The summed E-state index contributed by atoms with van der Waals surface area (Å²) in [6.45, 7) is 4.15. The molecule has 0 aliphatic carbocycles. The van der Waals surface area contributed by atoms with Gasteiger partial charge in [0.2, 0.25) is 5.91 Å². The van der Waals surface area contributed by atoms with Gasteiger partial charge >= 0.3 is 0 Å². The quantitative estimate of drug-likeness (QED) is 0.612. The Labute approximate surface area is 61.3 Å². The highest BCUT2D eigenvalue weighted by Crippen LogP contribution is 2.17. The molecule has 56 valence electrons. The van der Waals surface area contributed by atoms with E-state index in [1.165, 1.54) is 0 Å². The van der Waals surface area contributed by atoms with Crippen molar-refractivity contribution >= 4 is 5.91 Å². The van der Waals surface area contributed by atoms with Gasteiger partial charge in [-0.2, -0.15) is 0 Å². The van der Waals surface area contributed by atoms with Gasteiger partial charge in [0.1, 0.15) is 0 Å². The molecular formula is C8H13NO. The smallest absolute Gasteiger partial charge is 0.244 e. The zero-order valence-electron chi connectivity index (χ0n) is 6.48. The van der Waals surface area contributed by atoms with E-state index >= 15 is 0 Å². The maximum absolute atomic E-state index is 10.7. The van der Waals surface area contributed by atoms with Crippen LogP contribution in [-0.4, -0.2) is 11.4 Å². The molecule has 0 aromatic heterocycles. The van der Waals surface area contributed by atoms with Gasteiger partial charge in [-0.05, 0) is 13.3 Å². The van der Waals surface area contributed by atoms with Gasteiger partial charge in [-0.15, -0.1) is 0 Å². The number of rotatable bonds is 2. The Balaban J connectivity index is 2.56. The number of amides is 1. The van der Waals surface area contributed by atoms with Gasteiger partial charge in [0, 0.05) is 6.08 Å². The van der Waals surface area contributed by atoms with E-state index in [0.717, 1.165) is 12.8 Å². The molecule has 0 saturated carbocycles. The Morgan fingerprint density at radius 1 is 1.70 bits per heavy atom. The van der Waals surface area contributed by atoms with Crippen LogP contribution in [0.1, 0.15) is 26.7 Å². The predicted molar refractivity (Wildman–Crippen MR) is 40.6 cm³/mol. The van der Waals surface area contributed by atoms with Crippen molar-refractivity contribution in [3.8, 4) is 0 Å². The summed E-state index contributed by atoms with van der Waals surface area (Å²) in [5.41, 5.74) is -0.0637. The lowest BCUT2D eigenvalue weighted by Crippen LogP contribution is -2.38. The van der Waals surface area contributed by atoms with E-state index in [1.54, 1.807) is 6.08 Å². The molecule has 1 aliphatic rings. The number of carbonyl (C=O) groups excluding carboxylic acids is 1. The average Bonchev–Trinajstić information content (AvgIpc) is 2.12. The van der Waals surface area contributed by atoms with Crippen LogP contribution in [0.3, 0.4) is 0 Å². The molecule has 1 amide bonds. The third-order valence-electron chi connectivity index (χ3n) is 1.78. The van der Waals surface area contributed by atoms with Crippen LogP contribution in [-0.2, 0) is 4.79 Å². The van der Waals surface area contributed by atoms with E-state index in [2.05, 4.69) is 12.2 Å². The largest absolute Gasteiger partial charge is 0.344 e. The molecule has 0 spiro atoms. The molecule has 2 heteroatoms. The molecule has 10 heavy (non-hydrogen) atoms. The number of carbonyl (C=O) groups is 1. The predicted octanol–water partition coefficient (Wildman–Crippen LogP) is 1.23. The topological polar surface area (TPSA) is 29.1 Å². The molecule has 2 nitrogen and oxygen atoms in total. The Hall–Kier alpha value is -0.790. The highest BCUT2D eigenvalue weighted by molar-refractivity contribution is 5.91. The highest BCUT2D eigenvalue weighted by atomic mass is 16.1. The normalized spacial score (nSPS) is 30.8. The molecule has 0 fully saturated rings. The SMILES string of the molecule is CCCC1(C)C=CC(=O)N1. The molecule has 0 saturated heterocycles. The summed E-state index contributed by atoms with van der Waals surface area (Å²) in [4.78, 5) is 10.7. The minimum atomic E-state index is -0.0637. The maximum atomic E-state index is 10.7. The Kier molecular flexibility index (Phi) is 1.79. The first-order chi connectivity index (χ1) is 4.66. The van der Waals surface area contributed by atoms with E-state index in [1.807, 2.05) is 13.0 Å². The first-order valence-corrected chi connectivity index (χ1v) is 3.68. The number of hydrogen-bond donors (Lipinski definition) is 1. The Morgan fingerprint density at radius 3 is 2.80 bits per heavy atom. The summed E-state index contributed by atoms with van der Waals surface area (Å²) in [5.74, 6) is 0.0379. The van der Waals surface area contributed by atoms with Crippen molar-refractivity contribution in [2.24, 2.45) is 0 Å². The summed E-state index contributed by atoms with van der Waals surface area (Å²) < 4.78 is 0. The van der Waals surface area contributed by atoms with Gasteiger partial charge in [-0.1, -0.05) is 19.4 Å². The lowest BCUT2D eigenvalue weighted by molar-refractivity contribution is -0.116. The fourth-order valence-corrected chi connectivity index (χ4v) is 1.29. The molecule has 0 bridgehead atoms. The first kappa shape index (κ1) is 7.32. The molecule has 1 N–H and O–H groups in total. The lowest BCUT2D eigenvalue weighted by atomic mass is 9.98. The molecular weight excluding hydrogens is 126 g/mol. The fourth-order valence-electron chi connectivity index (χ4n) is 1.29. The van der Waals surface area contributed by atoms with Crippen LogP contribution in [0.5, 0.6) is 0 Å². The van der Waals surface area contributed by atoms with Gasteiger partial charge in [0.05, 0.1) is 5.54 Å². The minimum Gasteiger partial charge on any atom is -0.344 e. The number of nitrogens with one attached hydrogen (secondary N) is 1. The molecule has 1 aliphatic heterocycles. The van der Waals surface area contributed by atoms with Crippen molar-refractivity contribution in [3.63, 3.8) is 0 Å². The molecule has 1 unspecified atom stereocenters. The second kappa shape index (κ2) is 2.45. The van der Waals surface area contributed by atoms with E-state index in [0.29, 0.717) is 0 Å². The van der Waals surface area contributed by atoms with Gasteiger partial charge in [0.25, 0.3) is 0 Å². The van der Waals surface area contributed by atoms with E-state index in [-0.39, 0.29) is 11.4 Å². The van der Waals surface area contributed by atoms with Crippen molar-refractivity contribution in [3.05, 3.63) is 12.2 Å². The second-order valence-corrected chi connectivity index (χ2v) is 2.99. The van der Waals surface area contributed by atoms with Gasteiger partial charge in [-0.3, -0.25) is 4.79 Å². The van der Waals surface area contributed by atoms with E-state index in [9.17, 15) is 4.79 Å². The molecule has 0 radical (unpaired) electrons. The van der Waals surface area contributed by atoms with Crippen LogP contribution in [0, 0.1) is 0 Å². The van der Waals surface area contributed by atoms with Crippen molar-refractivity contribution < 1.29 is 4.79 Å². The first-order valence-electron chi connectivity index (χ1n) is 3.68. The van der Waals surface area contributed by atoms with Gasteiger partial charge < -0.3 is 5.32 Å². The molecule has 0 aromatic carbocycles. The number of hydrogen-bond acceptors (Lipinski definition) is 1. The van der Waals surface area contributed by atoms with Crippen LogP contribution in [0.2, 0.25) is 0 Å². The minimum absolute atomic E-state index is 0.0379. The van der Waals surface area contributed by atoms with Crippen LogP contribution < -0.4 is 5.32 Å². The Bertz CT molecular complexity index is 174. The van der Waals surface area contributed by atoms with Crippen molar-refractivity contribution in [2.75, 3.05) is 0 Å². The highest BCUT2D eigenvalue weighted by Gasteiger charge is 2.25. The molecule has 1 heterocycles. The molecule has 1 atom stereocenters. The molecule has 0 aromatic rings. The molecule has 1 rings (SSSR count). The zero-order chi connectivity index (χ0) is 7.61. The summed E-state index contributed by atoms with van der Waals surface area (Å²) >= 11 is 0. The Morgan fingerprint density at radius 2 is 2.40 bits per heavy atom. The third kappa shape index (κ3) is 1.38. The van der Waals surface area contributed by atoms with Crippen LogP contribution in [0.25, 0.3) is 0 Å². The van der Waals surface area contributed by atoms with E-state index in [4.69, 9.17) is 0 Å². The third-order valence-corrected chi connectivity index (χ3v) is 1.78. The van der Waals surface area contributed by atoms with Crippen LogP contribution in [0.15, 0.2) is 12.2 Å². The summed E-state index contributed by atoms with van der Waals surface area (Å²) in [7, 11) is 0. The summed E-state index contributed by atoms with van der Waals surface area (Å²) in [6.07, 6.45) is 5.67. The summed E-state index contributed by atoms with van der Waals surface area (Å²) in [5, 5.41) is 2.88. The van der Waals surface area contributed by atoms with Gasteiger partial charge in [-0.25, -0.2) is 0 Å². The zero-order valence-corrected chi connectivity index (χ0v) is 6.48. The second-order valence-electron chi connectivity index (χ2n) is 2.99. The van der Waals surface area contributed by atoms with Gasteiger partial charge in [0.15, 0.2) is 0 Å². The van der Waals surface area contributed by atoms with E-state index < -0.39 is 0 Å². The average molecular weight is 139 g/mol. The van der Waals surface area contributed by atoms with Crippen LogP contribution >= 0.6 is 0 Å². The lowest BCUT2D eigenvalue weighted by Gasteiger charge is -2.21. The van der Waals surface area contributed by atoms with Crippen molar-refractivity contribution in [2.45, 2.75) is 32.2 Å².